The van der Waals surface area contributed by atoms with Crippen LogP contribution in [0.3, 0.4) is 0 Å². The van der Waals surface area contributed by atoms with Crippen LogP contribution in [0.2, 0.25) is 0 Å². The van der Waals surface area contributed by atoms with Gasteiger partial charge in [-0.1, -0.05) is 0 Å². The lowest BCUT2D eigenvalue weighted by molar-refractivity contribution is -0.131. The standard InChI is InChI=1S/C24H25N5O5/c1-14-12-26-24(27-16-10-19(31-2)23(33-4)20(11-16)32-3)28-22(14)18-9-15-13-29(21(30)5-7-25)8-6-17(15)34-18/h9-12H,5-6,8,13H2,1-4H3,(H,26,27,28). The highest BCUT2D eigenvalue weighted by molar-refractivity contribution is 5.78. The Kier molecular flexibility index (Phi) is 6.54. The maximum Gasteiger partial charge on any atom is 0.237 e. The number of carbonyl (C=O) groups excluding carboxylic acids is 1. The highest BCUT2D eigenvalue weighted by atomic mass is 16.5. The molecule has 0 fully saturated rings. The van der Waals surface area contributed by atoms with Crippen molar-refractivity contribution in [3.8, 4) is 34.8 Å². The van der Waals surface area contributed by atoms with Crippen molar-refractivity contribution in [1.82, 2.24) is 14.9 Å². The van der Waals surface area contributed by atoms with Crippen molar-refractivity contribution < 1.29 is 23.4 Å². The molecule has 10 heteroatoms. The van der Waals surface area contributed by atoms with Gasteiger partial charge in [0, 0.05) is 49.1 Å². The summed E-state index contributed by atoms with van der Waals surface area (Å²) in [7, 11) is 4.65. The Balaban J connectivity index is 1.61. The van der Waals surface area contributed by atoms with E-state index in [0.717, 1.165) is 16.9 Å². The van der Waals surface area contributed by atoms with E-state index in [1.54, 1.807) is 44.6 Å². The van der Waals surface area contributed by atoms with Crippen molar-refractivity contribution in [2.45, 2.75) is 26.3 Å². The normalized spacial score (nSPS) is 12.5. The largest absolute Gasteiger partial charge is 0.493 e. The molecule has 0 saturated carbocycles. The Morgan fingerprint density at radius 2 is 1.94 bits per heavy atom. The summed E-state index contributed by atoms with van der Waals surface area (Å²) < 4.78 is 22.3. The number of anilines is 2. The predicted octanol–water partition coefficient (Wildman–Crippen LogP) is 3.61. The molecule has 2 aromatic heterocycles. The SMILES string of the molecule is COc1cc(Nc2ncc(C)c(-c3cc4c(o3)CCN(C(=O)CC#N)C4)n2)cc(OC)c1OC. The van der Waals surface area contributed by atoms with Crippen LogP contribution in [0.4, 0.5) is 11.6 Å². The van der Waals surface area contributed by atoms with Crippen LogP contribution in [-0.2, 0) is 17.8 Å². The molecule has 1 amide bonds. The van der Waals surface area contributed by atoms with Crippen LogP contribution in [0.25, 0.3) is 11.5 Å². The molecule has 1 N–H and O–H groups in total. The fourth-order valence-electron chi connectivity index (χ4n) is 3.88. The topological polar surface area (TPSA) is 123 Å². The smallest absolute Gasteiger partial charge is 0.237 e. The minimum atomic E-state index is -0.175. The van der Waals surface area contributed by atoms with Crippen LogP contribution in [0, 0.1) is 18.3 Å². The zero-order valence-corrected chi connectivity index (χ0v) is 19.5. The van der Waals surface area contributed by atoms with Crippen molar-refractivity contribution in [2.75, 3.05) is 33.2 Å². The number of ether oxygens (including phenoxy) is 3. The summed E-state index contributed by atoms with van der Waals surface area (Å²) in [6, 6.07) is 7.35. The summed E-state index contributed by atoms with van der Waals surface area (Å²) in [5.74, 6) is 3.13. The Bertz CT molecular complexity index is 1240. The summed E-state index contributed by atoms with van der Waals surface area (Å²) in [5, 5.41) is 12.0. The average molecular weight is 463 g/mol. The number of fused-ring (bicyclic) bond motifs is 1. The maximum atomic E-state index is 12.1. The summed E-state index contributed by atoms with van der Waals surface area (Å²) in [5.41, 5.74) is 3.08. The number of furan rings is 1. The predicted molar refractivity (Wildman–Crippen MR) is 123 cm³/mol. The zero-order chi connectivity index (χ0) is 24.2. The molecule has 176 valence electrons. The summed E-state index contributed by atoms with van der Waals surface area (Å²) >= 11 is 0. The highest BCUT2D eigenvalue weighted by Gasteiger charge is 2.25. The van der Waals surface area contributed by atoms with Gasteiger partial charge in [0.2, 0.25) is 17.6 Å². The first-order chi connectivity index (χ1) is 16.5. The van der Waals surface area contributed by atoms with E-state index < -0.39 is 0 Å². The number of nitriles is 1. The van der Waals surface area contributed by atoms with Crippen molar-refractivity contribution in [1.29, 1.82) is 5.26 Å². The van der Waals surface area contributed by atoms with Gasteiger partial charge in [-0.05, 0) is 18.6 Å². The van der Waals surface area contributed by atoms with Gasteiger partial charge in [-0.3, -0.25) is 4.79 Å². The molecule has 4 rings (SSSR count). The molecule has 1 aliphatic heterocycles. The van der Waals surface area contributed by atoms with E-state index in [9.17, 15) is 4.79 Å². The van der Waals surface area contributed by atoms with Gasteiger partial charge in [-0.25, -0.2) is 9.97 Å². The molecule has 1 aromatic carbocycles. The fraction of sp³-hybridized carbons (Fsp3) is 0.333. The second kappa shape index (κ2) is 9.70. The first-order valence-corrected chi connectivity index (χ1v) is 10.6. The molecule has 34 heavy (non-hydrogen) atoms. The molecule has 0 bridgehead atoms. The van der Waals surface area contributed by atoms with Crippen molar-refractivity contribution >= 4 is 17.5 Å². The van der Waals surface area contributed by atoms with Crippen LogP contribution in [0.15, 0.2) is 28.8 Å². The van der Waals surface area contributed by atoms with E-state index in [2.05, 4.69) is 15.3 Å². The van der Waals surface area contributed by atoms with Crippen molar-refractivity contribution in [3.05, 3.63) is 41.3 Å². The highest BCUT2D eigenvalue weighted by Crippen LogP contribution is 2.40. The lowest BCUT2D eigenvalue weighted by Gasteiger charge is -2.25. The molecule has 3 heterocycles. The third kappa shape index (κ3) is 4.45. The molecule has 0 unspecified atom stereocenters. The van der Waals surface area contributed by atoms with E-state index >= 15 is 0 Å². The number of amides is 1. The number of nitrogens with zero attached hydrogens (tertiary/aromatic N) is 4. The van der Waals surface area contributed by atoms with E-state index in [4.69, 9.17) is 23.9 Å². The zero-order valence-electron chi connectivity index (χ0n) is 19.5. The molecule has 0 aliphatic carbocycles. The Morgan fingerprint density at radius 3 is 2.59 bits per heavy atom. The number of hydrogen-bond donors (Lipinski definition) is 1. The van der Waals surface area contributed by atoms with Gasteiger partial charge in [0.1, 0.15) is 17.9 Å². The van der Waals surface area contributed by atoms with Crippen molar-refractivity contribution in [2.24, 2.45) is 0 Å². The van der Waals surface area contributed by atoms with Gasteiger partial charge in [-0.2, -0.15) is 5.26 Å². The van der Waals surface area contributed by atoms with Gasteiger partial charge in [0.05, 0.1) is 27.4 Å². The average Bonchev–Trinajstić information content (AvgIpc) is 3.27. The lowest BCUT2D eigenvalue weighted by Crippen LogP contribution is -2.35. The number of aromatic nitrogens is 2. The van der Waals surface area contributed by atoms with E-state index in [1.165, 1.54) is 0 Å². The van der Waals surface area contributed by atoms with Crippen LogP contribution in [0.1, 0.15) is 23.3 Å². The van der Waals surface area contributed by atoms with Gasteiger partial charge in [0.15, 0.2) is 17.3 Å². The van der Waals surface area contributed by atoms with Crippen LogP contribution < -0.4 is 19.5 Å². The number of methoxy groups -OCH3 is 3. The molecule has 3 aromatic rings. The monoisotopic (exact) mass is 463 g/mol. The minimum absolute atomic E-state index is 0.124. The van der Waals surface area contributed by atoms with E-state index in [-0.39, 0.29) is 12.3 Å². The number of nitrogens with one attached hydrogen (secondary N) is 1. The minimum Gasteiger partial charge on any atom is -0.493 e. The Hall–Kier alpha value is -4.26. The summed E-state index contributed by atoms with van der Waals surface area (Å²) in [6.45, 7) is 2.85. The molecular formula is C24H25N5O5. The Morgan fingerprint density at radius 1 is 1.21 bits per heavy atom. The summed E-state index contributed by atoms with van der Waals surface area (Å²) in [4.78, 5) is 22.8. The lowest BCUT2D eigenvalue weighted by atomic mass is 10.1. The third-order valence-electron chi connectivity index (χ3n) is 5.58. The van der Waals surface area contributed by atoms with Gasteiger partial charge in [-0.15, -0.1) is 0 Å². The Labute approximate surface area is 197 Å². The van der Waals surface area contributed by atoms with Gasteiger partial charge >= 0.3 is 0 Å². The first kappa shape index (κ1) is 22.9. The molecule has 0 radical (unpaired) electrons. The molecule has 10 nitrogen and oxygen atoms in total. The molecule has 0 saturated heterocycles. The number of rotatable bonds is 7. The fourth-order valence-corrected chi connectivity index (χ4v) is 3.88. The third-order valence-corrected chi connectivity index (χ3v) is 5.58. The van der Waals surface area contributed by atoms with Gasteiger partial charge < -0.3 is 28.8 Å². The maximum absolute atomic E-state index is 12.1. The van der Waals surface area contributed by atoms with Crippen LogP contribution >= 0.6 is 0 Å². The number of carbonyl (C=O) groups is 1. The first-order valence-electron chi connectivity index (χ1n) is 10.6. The molecule has 0 atom stereocenters. The van der Waals surface area contributed by atoms with Crippen molar-refractivity contribution in [3.63, 3.8) is 0 Å². The quantitative estimate of drug-likeness (QED) is 0.560. The van der Waals surface area contributed by atoms with Crippen LogP contribution in [0.5, 0.6) is 17.2 Å². The summed E-state index contributed by atoms with van der Waals surface area (Å²) in [6.07, 6.45) is 2.18. The molecule has 1 aliphatic rings. The second-order valence-electron chi connectivity index (χ2n) is 7.72. The number of hydrogen-bond acceptors (Lipinski definition) is 9. The molecular weight excluding hydrogens is 438 g/mol. The molecule has 0 spiro atoms. The van der Waals surface area contributed by atoms with E-state index in [0.29, 0.717) is 59.8 Å². The second-order valence-corrected chi connectivity index (χ2v) is 7.72. The number of aryl methyl sites for hydroxylation is 1. The van der Waals surface area contributed by atoms with Crippen LogP contribution in [-0.4, -0.2) is 48.6 Å². The van der Waals surface area contributed by atoms with E-state index in [1.807, 2.05) is 19.1 Å². The van der Waals surface area contributed by atoms with Gasteiger partial charge in [0.25, 0.3) is 0 Å². The number of benzene rings is 1.